The third-order valence-corrected chi connectivity index (χ3v) is 1.66. The number of rotatable bonds is 2. The molecule has 15 heavy (non-hydrogen) atoms. The Morgan fingerprint density at radius 1 is 1.40 bits per heavy atom. The number of anilines is 2. The van der Waals surface area contributed by atoms with Gasteiger partial charge in [-0.05, 0) is 30.4 Å². The molecular formula is C9H11N3O2S. The largest absolute Gasteiger partial charge is 0.453 e. The van der Waals surface area contributed by atoms with Crippen molar-refractivity contribution in [1.82, 2.24) is 0 Å². The lowest BCUT2D eigenvalue weighted by Crippen LogP contribution is -2.19. The Balaban J connectivity index is 2.74. The van der Waals surface area contributed by atoms with Crippen LogP contribution in [0.5, 0.6) is 0 Å². The molecule has 0 aliphatic heterocycles. The molecule has 1 amide bonds. The van der Waals surface area contributed by atoms with Gasteiger partial charge in [-0.15, -0.1) is 0 Å². The Kier molecular flexibility index (Phi) is 3.87. The summed E-state index contributed by atoms with van der Waals surface area (Å²) in [7, 11) is 1.30. The number of nitrogens with one attached hydrogen (secondary N) is 2. The fourth-order valence-corrected chi connectivity index (χ4v) is 1.10. The maximum atomic E-state index is 10.9. The summed E-state index contributed by atoms with van der Waals surface area (Å²) in [6.45, 7) is 0. The second kappa shape index (κ2) is 5.16. The van der Waals surface area contributed by atoms with Crippen molar-refractivity contribution in [3.05, 3.63) is 24.3 Å². The second-order valence-corrected chi connectivity index (χ2v) is 3.13. The Bertz CT molecular complexity index is 381. The summed E-state index contributed by atoms with van der Waals surface area (Å²) in [6, 6.07) is 6.95. The van der Waals surface area contributed by atoms with Gasteiger partial charge in [0, 0.05) is 11.4 Å². The van der Waals surface area contributed by atoms with E-state index >= 15 is 0 Å². The predicted molar refractivity (Wildman–Crippen MR) is 62.9 cm³/mol. The molecule has 0 aliphatic rings. The summed E-state index contributed by atoms with van der Waals surface area (Å²) in [6.07, 6.45) is -0.525. The minimum absolute atomic E-state index is 0.171. The molecule has 5 nitrogen and oxygen atoms in total. The summed E-state index contributed by atoms with van der Waals surface area (Å²) in [5, 5.41) is 5.45. The van der Waals surface area contributed by atoms with E-state index in [0.717, 1.165) is 0 Å². The maximum Gasteiger partial charge on any atom is 0.411 e. The number of thiocarbonyl (C=S) groups is 1. The van der Waals surface area contributed by atoms with Crippen LogP contribution >= 0.6 is 12.2 Å². The van der Waals surface area contributed by atoms with E-state index in [1.165, 1.54) is 7.11 Å². The van der Waals surface area contributed by atoms with E-state index in [1.54, 1.807) is 24.3 Å². The number of benzene rings is 1. The lowest BCUT2D eigenvalue weighted by Gasteiger charge is -2.07. The molecule has 0 spiro atoms. The highest BCUT2D eigenvalue weighted by Gasteiger charge is 2.01. The summed E-state index contributed by atoms with van der Waals surface area (Å²) in [5.74, 6) is 0. The minimum atomic E-state index is -0.525. The number of carbonyl (C=O) groups is 1. The first kappa shape index (κ1) is 11.3. The van der Waals surface area contributed by atoms with Gasteiger partial charge in [0.05, 0.1) is 7.11 Å². The van der Waals surface area contributed by atoms with Crippen LogP contribution in [0.25, 0.3) is 0 Å². The molecule has 0 saturated heterocycles. The molecule has 6 heteroatoms. The standard InChI is InChI=1S/C9H11N3O2S/c1-14-9(13)12-7-4-2-3-6(5-7)11-8(10)15/h2-5H,1H3,(H,12,13)(H3,10,11,15). The van der Waals surface area contributed by atoms with Gasteiger partial charge in [-0.1, -0.05) is 6.07 Å². The quantitative estimate of drug-likeness (QED) is 0.665. The van der Waals surface area contributed by atoms with Crippen molar-refractivity contribution in [2.75, 3.05) is 17.7 Å². The molecule has 1 aromatic rings. The Morgan fingerprint density at radius 2 is 2.00 bits per heavy atom. The number of carbonyl (C=O) groups excluding carboxylic acids is 1. The summed E-state index contributed by atoms with van der Waals surface area (Å²) < 4.78 is 4.45. The average Bonchev–Trinajstić information content (AvgIpc) is 2.17. The van der Waals surface area contributed by atoms with E-state index < -0.39 is 6.09 Å². The third kappa shape index (κ3) is 3.82. The molecule has 0 aromatic heterocycles. The van der Waals surface area contributed by atoms with Crippen molar-refractivity contribution in [3.8, 4) is 0 Å². The Hall–Kier alpha value is -1.82. The Labute approximate surface area is 92.6 Å². The van der Waals surface area contributed by atoms with Gasteiger partial charge in [0.2, 0.25) is 0 Å². The SMILES string of the molecule is COC(=O)Nc1cccc(NC(N)=S)c1. The number of hydrogen-bond acceptors (Lipinski definition) is 3. The van der Waals surface area contributed by atoms with Gasteiger partial charge in [-0.25, -0.2) is 4.79 Å². The van der Waals surface area contributed by atoms with E-state index in [0.29, 0.717) is 11.4 Å². The number of amides is 1. The molecule has 4 N–H and O–H groups in total. The molecule has 1 aromatic carbocycles. The number of methoxy groups -OCH3 is 1. The minimum Gasteiger partial charge on any atom is -0.453 e. The maximum absolute atomic E-state index is 10.9. The highest BCUT2D eigenvalue weighted by molar-refractivity contribution is 7.80. The molecule has 0 radical (unpaired) electrons. The number of ether oxygens (including phenoxy) is 1. The molecule has 0 atom stereocenters. The van der Waals surface area contributed by atoms with Crippen LogP contribution < -0.4 is 16.4 Å². The highest BCUT2D eigenvalue weighted by atomic mass is 32.1. The van der Waals surface area contributed by atoms with E-state index in [2.05, 4.69) is 27.6 Å². The first-order valence-electron chi connectivity index (χ1n) is 4.13. The fraction of sp³-hybridized carbons (Fsp3) is 0.111. The van der Waals surface area contributed by atoms with Crippen LogP contribution in [-0.4, -0.2) is 18.3 Å². The van der Waals surface area contributed by atoms with Crippen LogP contribution in [0.4, 0.5) is 16.2 Å². The zero-order valence-electron chi connectivity index (χ0n) is 8.11. The van der Waals surface area contributed by atoms with Crippen molar-refractivity contribution in [1.29, 1.82) is 0 Å². The lowest BCUT2D eigenvalue weighted by molar-refractivity contribution is 0.187. The van der Waals surface area contributed by atoms with E-state index in [4.69, 9.17) is 5.73 Å². The first-order chi connectivity index (χ1) is 7.11. The van der Waals surface area contributed by atoms with Gasteiger partial charge in [-0.3, -0.25) is 5.32 Å². The van der Waals surface area contributed by atoms with Crippen LogP contribution in [0.1, 0.15) is 0 Å². The average molecular weight is 225 g/mol. The van der Waals surface area contributed by atoms with Crippen LogP contribution in [0.15, 0.2) is 24.3 Å². The molecule has 0 fully saturated rings. The van der Waals surface area contributed by atoms with Gasteiger partial charge in [0.1, 0.15) is 0 Å². The van der Waals surface area contributed by atoms with Crippen molar-refractivity contribution in [3.63, 3.8) is 0 Å². The molecule has 0 saturated carbocycles. The van der Waals surface area contributed by atoms with Crippen molar-refractivity contribution < 1.29 is 9.53 Å². The van der Waals surface area contributed by atoms with Gasteiger partial charge in [0.25, 0.3) is 0 Å². The topological polar surface area (TPSA) is 76.4 Å². The van der Waals surface area contributed by atoms with Crippen molar-refractivity contribution >= 4 is 34.8 Å². The fourth-order valence-electron chi connectivity index (χ4n) is 0.986. The first-order valence-corrected chi connectivity index (χ1v) is 4.54. The monoisotopic (exact) mass is 225 g/mol. The van der Waals surface area contributed by atoms with Crippen LogP contribution in [0, 0.1) is 0 Å². The summed E-state index contributed by atoms with van der Waals surface area (Å²) in [4.78, 5) is 10.9. The molecule has 0 heterocycles. The molecule has 0 bridgehead atoms. The molecule has 80 valence electrons. The van der Waals surface area contributed by atoms with E-state index in [9.17, 15) is 4.79 Å². The highest BCUT2D eigenvalue weighted by Crippen LogP contribution is 2.14. The van der Waals surface area contributed by atoms with Crippen molar-refractivity contribution in [2.45, 2.75) is 0 Å². The second-order valence-electron chi connectivity index (χ2n) is 2.69. The van der Waals surface area contributed by atoms with Gasteiger partial charge in [-0.2, -0.15) is 0 Å². The number of nitrogens with two attached hydrogens (primary N) is 1. The van der Waals surface area contributed by atoms with Gasteiger partial charge >= 0.3 is 6.09 Å². The van der Waals surface area contributed by atoms with Crippen LogP contribution in [-0.2, 0) is 4.74 Å². The zero-order valence-corrected chi connectivity index (χ0v) is 8.93. The Morgan fingerprint density at radius 3 is 2.53 bits per heavy atom. The summed E-state index contributed by atoms with van der Waals surface area (Å²) >= 11 is 4.69. The van der Waals surface area contributed by atoms with Crippen molar-refractivity contribution in [2.24, 2.45) is 5.73 Å². The molecular weight excluding hydrogens is 214 g/mol. The summed E-state index contributed by atoms with van der Waals surface area (Å²) in [5.41, 5.74) is 6.62. The van der Waals surface area contributed by atoms with E-state index in [-0.39, 0.29) is 5.11 Å². The third-order valence-electron chi connectivity index (χ3n) is 1.56. The van der Waals surface area contributed by atoms with Gasteiger partial charge in [0.15, 0.2) is 5.11 Å². The van der Waals surface area contributed by atoms with Gasteiger partial charge < -0.3 is 15.8 Å². The van der Waals surface area contributed by atoms with E-state index in [1.807, 2.05) is 0 Å². The van der Waals surface area contributed by atoms with Crippen LogP contribution in [0.2, 0.25) is 0 Å². The number of hydrogen-bond donors (Lipinski definition) is 3. The molecule has 1 rings (SSSR count). The lowest BCUT2D eigenvalue weighted by atomic mass is 10.3. The van der Waals surface area contributed by atoms with Crippen LogP contribution in [0.3, 0.4) is 0 Å². The smallest absolute Gasteiger partial charge is 0.411 e. The normalized spacial score (nSPS) is 9.13. The predicted octanol–water partition coefficient (Wildman–Crippen LogP) is 1.52. The zero-order chi connectivity index (χ0) is 11.3. The molecule has 0 aliphatic carbocycles. The molecule has 0 unspecified atom stereocenters.